The van der Waals surface area contributed by atoms with E-state index in [1.54, 1.807) is 72.8 Å². The van der Waals surface area contributed by atoms with Crippen LogP contribution in [-0.4, -0.2) is 109 Å². The Labute approximate surface area is 430 Å². The Balaban J connectivity index is 0.000000671. The van der Waals surface area contributed by atoms with Gasteiger partial charge in [-0.15, -0.1) is 6.58 Å². The van der Waals surface area contributed by atoms with E-state index in [1.165, 1.54) is 68.3 Å². The van der Waals surface area contributed by atoms with Gasteiger partial charge in [-0.2, -0.15) is 53.3 Å². The first-order valence-electron chi connectivity index (χ1n) is 20.0. The Morgan fingerprint density at radius 1 is 0.594 bits per heavy atom. The summed E-state index contributed by atoms with van der Waals surface area (Å²) >= 11 is 24.5. The lowest BCUT2D eigenvalue weighted by Gasteiger charge is -2.44. The number of nitrogens with zero attached hydrogens (tertiary/aromatic N) is 4. The summed E-state index contributed by atoms with van der Waals surface area (Å²) in [5.41, 5.74) is -1.89. The third kappa shape index (κ3) is 18.3. The minimum atomic E-state index is -4.69. The summed E-state index contributed by atoms with van der Waals surface area (Å²) in [4.78, 5) is 55.0. The highest BCUT2D eigenvalue weighted by molar-refractivity contribution is 7.59. The molecule has 0 unspecified atom stereocenters. The molecule has 23 heteroatoms. The predicted molar refractivity (Wildman–Crippen MR) is 265 cm³/mol. The lowest BCUT2D eigenvalue weighted by Crippen LogP contribution is -2.55. The van der Waals surface area contributed by atoms with Gasteiger partial charge in [0.2, 0.25) is 11.8 Å². The van der Waals surface area contributed by atoms with E-state index in [0.717, 1.165) is 9.80 Å². The number of likely N-dealkylation sites (N-methyl/N-ethyl adjacent to an activating group) is 4. The molecule has 380 valence electrons. The van der Waals surface area contributed by atoms with Crippen molar-refractivity contribution in [2.75, 3.05) is 47.9 Å². The summed E-state index contributed by atoms with van der Waals surface area (Å²) < 4.78 is 87.9. The van der Waals surface area contributed by atoms with E-state index < -0.39 is 60.3 Å². The second-order valence-corrected chi connectivity index (χ2v) is 16.8. The Hall–Kier alpha value is -4.50. The number of hydrogen-bond acceptors (Lipinski definition) is 7. The predicted octanol–water partition coefficient (Wildman–Crippen LogP) is 12.0. The van der Waals surface area contributed by atoms with Crippen molar-refractivity contribution < 1.29 is 60.1 Å². The van der Waals surface area contributed by atoms with Crippen LogP contribution in [0.5, 0.6) is 11.5 Å². The van der Waals surface area contributed by atoms with E-state index in [1.807, 2.05) is 0 Å². The number of alkyl halides is 6. The Morgan fingerprint density at radius 2 is 0.957 bits per heavy atom. The molecule has 0 bridgehead atoms. The number of amides is 4. The Bertz CT molecular complexity index is 2330. The van der Waals surface area contributed by atoms with Gasteiger partial charge in [0.1, 0.15) is 24.3 Å². The maximum Gasteiger partial charge on any atom is 0.415 e. The average molecular weight is 1090 g/mol. The second kappa shape index (κ2) is 27.8. The standard InChI is InChI=1S/C23H25Cl2F3N2O4.C23H23Cl2F3N2O3.2H2S/c1-29(20(32)14-23(26,27)28)15-22(11-6-12-31,16-9-10-18(24)19(25)13-16)30(2)21(33)34-17-7-4-3-5-8-17;1-4-12-22(16-10-11-18(24)19(25)13-16,15-29(2)20(31)14-23(26,27)28)30(3)21(32)33-17-8-6-5-7-9-17;;/h3-5,7-10,13,31H,6,11-12,14-15H2,1-2H3;4-11,13H,1,12,14-15H2,2-3H3;2*1H2/t2*22-;;/m11../s1. The number of benzene rings is 4. The van der Waals surface area contributed by atoms with Gasteiger partial charge in [-0.3, -0.25) is 19.4 Å². The topological polar surface area (TPSA) is 120 Å². The van der Waals surface area contributed by atoms with Gasteiger partial charge in [-0.25, -0.2) is 9.59 Å². The first-order valence-corrected chi connectivity index (χ1v) is 21.6. The number of ether oxygens (including phenoxy) is 2. The van der Waals surface area contributed by atoms with Crippen molar-refractivity contribution in [1.82, 2.24) is 19.6 Å². The normalized spacial score (nSPS) is 12.7. The highest BCUT2D eigenvalue weighted by Gasteiger charge is 2.45. The van der Waals surface area contributed by atoms with Crippen LogP contribution < -0.4 is 9.47 Å². The molecule has 4 aromatic rings. The van der Waals surface area contributed by atoms with Crippen molar-refractivity contribution in [2.24, 2.45) is 0 Å². The molecule has 4 aromatic carbocycles. The van der Waals surface area contributed by atoms with Gasteiger partial charge >= 0.3 is 24.5 Å². The van der Waals surface area contributed by atoms with Crippen molar-refractivity contribution in [3.8, 4) is 11.5 Å². The molecule has 4 amide bonds. The molecular weight excluding hydrogens is 1040 g/mol. The molecule has 11 nitrogen and oxygen atoms in total. The minimum absolute atomic E-state index is 0. The van der Waals surface area contributed by atoms with E-state index in [9.17, 15) is 50.6 Å². The van der Waals surface area contributed by atoms with Crippen LogP contribution in [0.4, 0.5) is 35.9 Å². The van der Waals surface area contributed by atoms with Crippen LogP contribution in [0.2, 0.25) is 20.1 Å². The van der Waals surface area contributed by atoms with Crippen molar-refractivity contribution in [3.63, 3.8) is 0 Å². The largest absolute Gasteiger partial charge is 0.415 e. The first kappa shape index (κ1) is 62.5. The van der Waals surface area contributed by atoms with Crippen molar-refractivity contribution in [1.29, 1.82) is 0 Å². The van der Waals surface area contributed by atoms with Gasteiger partial charge in [0.25, 0.3) is 0 Å². The molecule has 2 atom stereocenters. The van der Waals surface area contributed by atoms with Crippen LogP contribution in [0.1, 0.15) is 43.2 Å². The molecule has 1 N–H and O–H groups in total. The van der Waals surface area contributed by atoms with Crippen molar-refractivity contribution >= 4 is 97.4 Å². The van der Waals surface area contributed by atoms with Crippen LogP contribution in [0, 0.1) is 0 Å². The monoisotopic (exact) mass is 1090 g/mol. The highest BCUT2D eigenvalue weighted by Crippen LogP contribution is 2.39. The van der Waals surface area contributed by atoms with Crippen LogP contribution in [0.3, 0.4) is 0 Å². The lowest BCUT2D eigenvalue weighted by molar-refractivity contribution is -0.163. The molecule has 0 radical (unpaired) electrons. The number of carbonyl (C=O) groups is 4. The van der Waals surface area contributed by atoms with E-state index in [0.29, 0.717) is 11.1 Å². The average Bonchev–Trinajstić information content (AvgIpc) is 3.26. The van der Waals surface area contributed by atoms with E-state index in [-0.39, 0.29) is 97.5 Å². The molecule has 4 rings (SSSR count). The fourth-order valence-corrected chi connectivity index (χ4v) is 7.51. The zero-order valence-electron chi connectivity index (χ0n) is 37.6. The molecule has 0 aromatic heterocycles. The summed E-state index contributed by atoms with van der Waals surface area (Å²) in [5, 5.41) is 10.3. The van der Waals surface area contributed by atoms with E-state index in [4.69, 9.17) is 55.9 Å². The maximum absolute atomic E-state index is 13.1. The second-order valence-electron chi connectivity index (χ2n) is 15.2. The summed E-state index contributed by atoms with van der Waals surface area (Å²) in [6.45, 7) is 2.86. The zero-order valence-corrected chi connectivity index (χ0v) is 42.7. The summed E-state index contributed by atoms with van der Waals surface area (Å²) in [6.07, 6.45) is -12.4. The number of hydrogen-bond donors (Lipinski definition) is 1. The lowest BCUT2D eigenvalue weighted by atomic mass is 9.83. The number of aliphatic hydroxyl groups excluding tert-OH is 1. The molecule has 0 saturated carbocycles. The minimum Gasteiger partial charge on any atom is -0.410 e. The van der Waals surface area contributed by atoms with E-state index >= 15 is 0 Å². The number of carbonyl (C=O) groups excluding carboxylic acids is 4. The molecule has 0 spiro atoms. The number of halogens is 10. The third-order valence-electron chi connectivity index (χ3n) is 10.4. The summed E-state index contributed by atoms with van der Waals surface area (Å²) in [6, 6.07) is 25.6. The number of aliphatic hydroxyl groups is 1. The molecule has 0 aliphatic heterocycles. The summed E-state index contributed by atoms with van der Waals surface area (Å²) in [5.74, 6) is -1.80. The Morgan fingerprint density at radius 3 is 1.30 bits per heavy atom. The van der Waals surface area contributed by atoms with Crippen molar-refractivity contribution in [3.05, 3.63) is 141 Å². The number of para-hydroxylation sites is 2. The third-order valence-corrected chi connectivity index (χ3v) is 11.9. The quantitative estimate of drug-likeness (QED) is 0.0826. The van der Waals surface area contributed by atoms with Gasteiger partial charge in [-0.1, -0.05) is 101 Å². The van der Waals surface area contributed by atoms with Gasteiger partial charge in [0.15, 0.2) is 0 Å². The zero-order chi connectivity index (χ0) is 50.3. The van der Waals surface area contributed by atoms with E-state index in [2.05, 4.69) is 6.58 Å². The highest BCUT2D eigenvalue weighted by atomic mass is 35.5. The SMILES string of the molecule is C=CC[C@@](CN(C)C(=O)CC(F)(F)F)(c1ccc(Cl)c(Cl)c1)N(C)C(=O)Oc1ccccc1.CN(C[C@](CCCO)(c1ccc(Cl)c(Cl)c1)N(C)C(=O)Oc1ccccc1)C(=O)CC(F)(F)F.S.S. The Kier molecular flexibility index (Phi) is 25.2. The number of rotatable bonds is 17. The molecule has 69 heavy (non-hydrogen) atoms. The van der Waals surface area contributed by atoms with Crippen LogP contribution >= 0.6 is 73.4 Å². The van der Waals surface area contributed by atoms with Crippen LogP contribution in [0.15, 0.2) is 110 Å². The molecule has 0 saturated heterocycles. The summed E-state index contributed by atoms with van der Waals surface area (Å²) in [7, 11) is 5.29. The first-order chi connectivity index (χ1) is 31.3. The van der Waals surface area contributed by atoms with Gasteiger partial charge in [0.05, 0.1) is 31.2 Å². The molecule has 0 aliphatic carbocycles. The van der Waals surface area contributed by atoms with Gasteiger partial charge < -0.3 is 24.4 Å². The van der Waals surface area contributed by atoms with Crippen molar-refractivity contribution in [2.45, 2.75) is 55.5 Å². The maximum atomic E-state index is 13.1. The molecular formula is C46H52Cl4F6N4O7S2. The van der Waals surface area contributed by atoms with Crippen LogP contribution in [0.25, 0.3) is 0 Å². The molecule has 0 aliphatic rings. The molecule has 0 heterocycles. The molecule has 0 fully saturated rings. The van der Waals surface area contributed by atoms with Crippen LogP contribution in [-0.2, 0) is 20.7 Å². The van der Waals surface area contributed by atoms with Gasteiger partial charge in [-0.05, 0) is 78.9 Å². The van der Waals surface area contributed by atoms with Gasteiger partial charge in [0, 0.05) is 47.9 Å². The smallest absolute Gasteiger partial charge is 0.410 e. The fourth-order valence-electron chi connectivity index (χ4n) is 6.91. The fraction of sp³-hybridized carbons (Fsp3) is 0.348.